The number of halogens is 1. The molecular formula is C39H29BrN2. The molecule has 0 saturated heterocycles. The molecule has 0 atom stereocenters. The van der Waals surface area contributed by atoms with Crippen LogP contribution < -0.4 is 4.90 Å². The molecule has 0 saturated carbocycles. The molecule has 1 aliphatic rings. The lowest BCUT2D eigenvalue weighted by Crippen LogP contribution is -2.15. The zero-order valence-corrected chi connectivity index (χ0v) is 25.1. The Bertz CT molecular complexity index is 2070. The van der Waals surface area contributed by atoms with Crippen LogP contribution in [0, 0.1) is 0 Å². The highest BCUT2D eigenvalue weighted by Gasteiger charge is 2.36. The maximum atomic E-state index is 3.74. The predicted octanol–water partition coefficient (Wildman–Crippen LogP) is 11.3. The van der Waals surface area contributed by atoms with E-state index in [0.29, 0.717) is 0 Å². The highest BCUT2D eigenvalue weighted by Crippen LogP contribution is 2.51. The van der Waals surface area contributed by atoms with Crippen LogP contribution in [0.15, 0.2) is 144 Å². The Kier molecular flexibility index (Phi) is 5.67. The lowest BCUT2D eigenvalue weighted by Gasteiger charge is -2.25. The molecule has 42 heavy (non-hydrogen) atoms. The molecule has 7 aromatic rings. The van der Waals surface area contributed by atoms with Gasteiger partial charge in [-0.2, -0.15) is 0 Å². The summed E-state index contributed by atoms with van der Waals surface area (Å²) < 4.78 is 3.52. The van der Waals surface area contributed by atoms with Gasteiger partial charge in [-0.05, 0) is 101 Å². The summed E-state index contributed by atoms with van der Waals surface area (Å²) in [6.07, 6.45) is 0. The smallest absolute Gasteiger partial charge is 0.0544 e. The van der Waals surface area contributed by atoms with Crippen LogP contribution in [0.3, 0.4) is 0 Å². The van der Waals surface area contributed by atoms with Crippen LogP contribution in [-0.2, 0) is 5.41 Å². The van der Waals surface area contributed by atoms with Crippen LogP contribution in [0.25, 0.3) is 38.6 Å². The monoisotopic (exact) mass is 604 g/mol. The molecule has 0 N–H and O–H groups in total. The van der Waals surface area contributed by atoms with Crippen molar-refractivity contribution >= 4 is 54.8 Å². The van der Waals surface area contributed by atoms with Crippen molar-refractivity contribution in [2.45, 2.75) is 19.3 Å². The molecule has 1 heterocycles. The largest absolute Gasteiger partial charge is 0.311 e. The molecule has 0 fully saturated rings. The fraction of sp³-hybridized carbons (Fsp3) is 0.0769. The minimum Gasteiger partial charge on any atom is -0.311 e. The molecule has 0 unspecified atom stereocenters. The minimum absolute atomic E-state index is 0.0578. The average molecular weight is 606 g/mol. The number of fused-ring (bicyclic) bond motifs is 6. The van der Waals surface area contributed by atoms with Gasteiger partial charge < -0.3 is 9.47 Å². The number of para-hydroxylation sites is 2. The second kappa shape index (κ2) is 9.47. The molecule has 8 rings (SSSR count). The molecule has 0 spiro atoms. The number of anilines is 3. The van der Waals surface area contributed by atoms with Gasteiger partial charge in [-0.3, -0.25) is 0 Å². The van der Waals surface area contributed by atoms with Crippen molar-refractivity contribution in [3.63, 3.8) is 0 Å². The zero-order valence-electron chi connectivity index (χ0n) is 23.6. The lowest BCUT2D eigenvalue weighted by atomic mass is 9.82. The fourth-order valence-electron chi connectivity index (χ4n) is 6.82. The van der Waals surface area contributed by atoms with Crippen LogP contribution in [0.5, 0.6) is 0 Å². The third-order valence-electron chi connectivity index (χ3n) is 8.83. The van der Waals surface area contributed by atoms with Crippen LogP contribution in [-0.4, -0.2) is 4.57 Å². The van der Waals surface area contributed by atoms with E-state index in [4.69, 9.17) is 0 Å². The van der Waals surface area contributed by atoms with Gasteiger partial charge in [0.15, 0.2) is 0 Å². The first-order valence-electron chi connectivity index (χ1n) is 14.4. The standard InChI is InChI=1S/C39H29BrN2/c1-39(2)35-16-10-9-15-31(35)32-24-34-33-23-26(40)17-22-37(33)42(38(34)25-36(32)39)30-20-18-29(19-21-30)41(27-11-5-3-6-12-27)28-13-7-4-8-14-28/h3-25H,1-2H3. The third kappa shape index (κ3) is 3.77. The Balaban J connectivity index is 1.33. The van der Waals surface area contributed by atoms with E-state index in [9.17, 15) is 0 Å². The van der Waals surface area contributed by atoms with Gasteiger partial charge in [0.1, 0.15) is 0 Å². The molecule has 1 aromatic heterocycles. The summed E-state index contributed by atoms with van der Waals surface area (Å²) in [5.74, 6) is 0. The van der Waals surface area contributed by atoms with Crippen molar-refractivity contribution in [3.05, 3.63) is 155 Å². The van der Waals surface area contributed by atoms with Gasteiger partial charge in [0.2, 0.25) is 0 Å². The summed E-state index contributed by atoms with van der Waals surface area (Å²) in [7, 11) is 0. The maximum absolute atomic E-state index is 3.74. The zero-order chi connectivity index (χ0) is 28.4. The minimum atomic E-state index is -0.0578. The molecule has 2 nitrogen and oxygen atoms in total. The maximum Gasteiger partial charge on any atom is 0.0544 e. The first kappa shape index (κ1) is 25.1. The van der Waals surface area contributed by atoms with Crippen LogP contribution in [0.2, 0.25) is 0 Å². The van der Waals surface area contributed by atoms with Gasteiger partial charge in [-0.15, -0.1) is 0 Å². The van der Waals surface area contributed by atoms with E-state index < -0.39 is 0 Å². The highest BCUT2D eigenvalue weighted by atomic mass is 79.9. The molecule has 0 bridgehead atoms. The first-order chi connectivity index (χ1) is 20.5. The second-order valence-corrected chi connectivity index (χ2v) is 12.5. The number of hydrogen-bond donors (Lipinski definition) is 0. The summed E-state index contributed by atoms with van der Waals surface area (Å²) >= 11 is 3.74. The number of aromatic nitrogens is 1. The molecule has 3 heteroatoms. The van der Waals surface area contributed by atoms with Gasteiger partial charge in [0.25, 0.3) is 0 Å². The van der Waals surface area contributed by atoms with E-state index in [1.165, 1.54) is 44.1 Å². The topological polar surface area (TPSA) is 8.17 Å². The number of nitrogens with zero attached hydrogens (tertiary/aromatic N) is 2. The summed E-state index contributed by atoms with van der Waals surface area (Å²) in [5.41, 5.74) is 12.4. The van der Waals surface area contributed by atoms with Gasteiger partial charge >= 0.3 is 0 Å². The SMILES string of the molecule is CC1(C)c2ccccc2-c2cc3c4cc(Br)ccc4n(-c4ccc(N(c5ccccc5)c5ccccc5)cc4)c3cc21. The Hall–Kier alpha value is -4.60. The van der Waals surface area contributed by atoms with E-state index in [1.54, 1.807) is 0 Å². The molecule has 1 aliphatic carbocycles. The third-order valence-corrected chi connectivity index (χ3v) is 9.32. The Labute approximate surface area is 254 Å². The normalized spacial score (nSPS) is 13.3. The Morgan fingerprint density at radius 1 is 0.524 bits per heavy atom. The van der Waals surface area contributed by atoms with Gasteiger partial charge in [0, 0.05) is 43.4 Å². The van der Waals surface area contributed by atoms with Gasteiger partial charge in [-0.1, -0.05) is 90.4 Å². The Morgan fingerprint density at radius 2 is 1.12 bits per heavy atom. The van der Waals surface area contributed by atoms with E-state index in [2.05, 4.69) is 179 Å². The van der Waals surface area contributed by atoms with Crippen LogP contribution in [0.4, 0.5) is 17.1 Å². The van der Waals surface area contributed by atoms with Crippen molar-refractivity contribution in [1.82, 2.24) is 4.57 Å². The molecule has 6 aromatic carbocycles. The van der Waals surface area contributed by atoms with E-state index in [0.717, 1.165) is 27.2 Å². The van der Waals surface area contributed by atoms with Crippen LogP contribution in [0.1, 0.15) is 25.0 Å². The lowest BCUT2D eigenvalue weighted by molar-refractivity contribution is 0.661. The summed E-state index contributed by atoms with van der Waals surface area (Å²) in [6.45, 7) is 4.70. The molecule has 0 radical (unpaired) electrons. The van der Waals surface area contributed by atoms with Gasteiger partial charge in [-0.25, -0.2) is 0 Å². The predicted molar refractivity (Wildman–Crippen MR) is 181 cm³/mol. The molecule has 202 valence electrons. The van der Waals surface area contributed by atoms with Crippen molar-refractivity contribution in [1.29, 1.82) is 0 Å². The summed E-state index contributed by atoms with van der Waals surface area (Å²) in [5, 5.41) is 2.53. The van der Waals surface area contributed by atoms with E-state index in [1.807, 2.05) is 0 Å². The quantitative estimate of drug-likeness (QED) is 0.194. The fourth-order valence-corrected chi connectivity index (χ4v) is 7.18. The van der Waals surface area contributed by atoms with Crippen LogP contribution >= 0.6 is 15.9 Å². The Morgan fingerprint density at radius 3 is 1.81 bits per heavy atom. The van der Waals surface area contributed by atoms with Crippen molar-refractivity contribution in [2.75, 3.05) is 4.90 Å². The first-order valence-corrected chi connectivity index (χ1v) is 15.2. The van der Waals surface area contributed by atoms with E-state index in [-0.39, 0.29) is 5.41 Å². The molecule has 0 aliphatic heterocycles. The number of rotatable bonds is 4. The highest BCUT2D eigenvalue weighted by molar-refractivity contribution is 9.10. The van der Waals surface area contributed by atoms with E-state index >= 15 is 0 Å². The van der Waals surface area contributed by atoms with Gasteiger partial charge in [0.05, 0.1) is 11.0 Å². The molecular weight excluding hydrogens is 576 g/mol. The number of benzene rings is 6. The summed E-state index contributed by atoms with van der Waals surface area (Å²) in [6, 6.07) is 50.5. The number of hydrogen-bond acceptors (Lipinski definition) is 1. The van der Waals surface area contributed by atoms with Crippen molar-refractivity contribution < 1.29 is 0 Å². The van der Waals surface area contributed by atoms with Crippen molar-refractivity contribution in [2.24, 2.45) is 0 Å². The van der Waals surface area contributed by atoms with Crippen molar-refractivity contribution in [3.8, 4) is 16.8 Å². The average Bonchev–Trinajstić information content (AvgIpc) is 3.46. The molecule has 0 amide bonds. The summed E-state index contributed by atoms with van der Waals surface area (Å²) in [4.78, 5) is 2.30. The second-order valence-electron chi connectivity index (χ2n) is 11.6.